The predicted molar refractivity (Wildman–Crippen MR) is 61.0 cm³/mol. The van der Waals surface area contributed by atoms with E-state index in [0.29, 0.717) is 0 Å². The highest BCUT2D eigenvalue weighted by atomic mass is 32.2. The molecule has 0 unspecified atom stereocenters. The summed E-state index contributed by atoms with van der Waals surface area (Å²) >= 11 is 1.51. The summed E-state index contributed by atoms with van der Waals surface area (Å²) in [6.07, 6.45) is 1.90. The molecule has 0 atom stereocenters. The number of hydrogen-bond donors (Lipinski definition) is 0. The first kappa shape index (κ1) is 13.0. The highest BCUT2D eigenvalue weighted by Crippen LogP contribution is 2.22. The highest BCUT2D eigenvalue weighted by molar-refractivity contribution is 7.98. The van der Waals surface area contributed by atoms with E-state index in [-0.39, 0.29) is 10.6 Å². The minimum atomic E-state index is -0.368. The van der Waals surface area contributed by atoms with Gasteiger partial charge in [0.1, 0.15) is 0 Å². The number of nitro groups is 1. The third kappa shape index (κ3) is 3.79. The molecule has 1 rings (SSSR count). The molecule has 0 aromatic heterocycles. The molecule has 0 spiro atoms. The normalized spacial score (nSPS) is 8.86. The van der Waals surface area contributed by atoms with Gasteiger partial charge in [0.25, 0.3) is 5.69 Å². The second kappa shape index (κ2) is 6.43. The van der Waals surface area contributed by atoms with Gasteiger partial charge in [-0.2, -0.15) is 0 Å². The van der Waals surface area contributed by atoms with E-state index in [1.807, 2.05) is 33.1 Å². The Morgan fingerprint density at radius 1 is 1.29 bits per heavy atom. The Morgan fingerprint density at radius 3 is 2.29 bits per heavy atom. The molecule has 1 aromatic carbocycles. The number of rotatable bonds is 2. The van der Waals surface area contributed by atoms with E-state index in [1.54, 1.807) is 12.1 Å². The fourth-order valence-corrected chi connectivity index (χ4v) is 1.49. The Bertz CT molecular complexity index is 313. The average molecular weight is 213 g/mol. The maximum atomic E-state index is 10.4. The minimum absolute atomic E-state index is 0.166. The third-order valence-corrected chi connectivity index (χ3v) is 2.19. The number of thioether (sulfide) groups is 1. The van der Waals surface area contributed by atoms with Crippen LogP contribution in [0.15, 0.2) is 23.1 Å². The fraction of sp³-hybridized carbons (Fsp3) is 0.400. The first-order chi connectivity index (χ1) is 6.63. The van der Waals surface area contributed by atoms with E-state index in [9.17, 15) is 10.1 Å². The second-order valence-electron chi connectivity index (χ2n) is 2.47. The van der Waals surface area contributed by atoms with Crippen molar-refractivity contribution >= 4 is 17.4 Å². The number of nitro benzene ring substituents is 1. The van der Waals surface area contributed by atoms with Crippen LogP contribution in [0.25, 0.3) is 0 Å². The fourth-order valence-electron chi connectivity index (χ4n) is 0.952. The minimum Gasteiger partial charge on any atom is -0.258 e. The molecular weight excluding hydrogens is 198 g/mol. The smallest absolute Gasteiger partial charge is 0.258 e. The van der Waals surface area contributed by atoms with Crippen LogP contribution in [0.3, 0.4) is 0 Å². The van der Waals surface area contributed by atoms with Crippen molar-refractivity contribution in [1.29, 1.82) is 0 Å². The monoisotopic (exact) mass is 213 g/mol. The second-order valence-corrected chi connectivity index (χ2v) is 3.35. The molecule has 0 aliphatic heterocycles. The van der Waals surface area contributed by atoms with E-state index in [0.717, 1.165) is 10.5 Å². The van der Waals surface area contributed by atoms with Crippen molar-refractivity contribution in [3.8, 4) is 0 Å². The van der Waals surface area contributed by atoms with Crippen molar-refractivity contribution in [3.05, 3.63) is 33.9 Å². The van der Waals surface area contributed by atoms with Crippen LogP contribution in [-0.4, -0.2) is 11.2 Å². The van der Waals surface area contributed by atoms with Crippen molar-refractivity contribution in [2.45, 2.75) is 25.7 Å². The molecule has 3 nitrogen and oxygen atoms in total. The number of non-ortho nitro benzene ring substituents is 1. The van der Waals surface area contributed by atoms with Crippen LogP contribution in [0.5, 0.6) is 0 Å². The summed E-state index contributed by atoms with van der Waals surface area (Å²) in [6, 6.07) is 5.08. The Morgan fingerprint density at radius 2 is 1.86 bits per heavy atom. The van der Waals surface area contributed by atoms with Crippen LogP contribution in [0.2, 0.25) is 0 Å². The zero-order valence-corrected chi connectivity index (χ0v) is 9.72. The summed E-state index contributed by atoms with van der Waals surface area (Å²) in [5.41, 5.74) is 1.09. The lowest BCUT2D eigenvalue weighted by molar-refractivity contribution is -0.385. The molecule has 0 aliphatic rings. The quantitative estimate of drug-likeness (QED) is 0.428. The molecule has 0 aliphatic carbocycles. The molecule has 0 saturated carbocycles. The molecule has 0 fully saturated rings. The van der Waals surface area contributed by atoms with Crippen molar-refractivity contribution < 1.29 is 4.92 Å². The van der Waals surface area contributed by atoms with Gasteiger partial charge in [-0.3, -0.25) is 10.1 Å². The van der Waals surface area contributed by atoms with Crippen LogP contribution in [-0.2, 0) is 0 Å². The van der Waals surface area contributed by atoms with Gasteiger partial charge in [0.05, 0.1) is 4.92 Å². The Kier molecular flexibility index (Phi) is 5.95. The number of hydrogen-bond acceptors (Lipinski definition) is 3. The molecule has 0 heterocycles. The summed E-state index contributed by atoms with van der Waals surface area (Å²) in [5.74, 6) is 0. The van der Waals surface area contributed by atoms with E-state index in [2.05, 4.69) is 0 Å². The SMILES string of the molecule is CC.CSc1cc(C)cc([N+](=O)[O-])c1. The van der Waals surface area contributed by atoms with Gasteiger partial charge in [0.15, 0.2) is 0 Å². The van der Waals surface area contributed by atoms with Crippen molar-refractivity contribution in [2.75, 3.05) is 6.26 Å². The Balaban J connectivity index is 0.000000791. The molecule has 0 bridgehead atoms. The maximum absolute atomic E-state index is 10.4. The van der Waals surface area contributed by atoms with Crippen LogP contribution >= 0.6 is 11.8 Å². The molecule has 78 valence electrons. The van der Waals surface area contributed by atoms with Crippen LogP contribution in [0.1, 0.15) is 19.4 Å². The summed E-state index contributed by atoms with van der Waals surface area (Å²) in [5, 5.41) is 10.4. The topological polar surface area (TPSA) is 43.1 Å². The Labute approximate surface area is 88.7 Å². The molecule has 4 heteroatoms. The lowest BCUT2D eigenvalue weighted by Gasteiger charge is -1.98. The molecule has 0 radical (unpaired) electrons. The van der Waals surface area contributed by atoms with Crippen molar-refractivity contribution in [3.63, 3.8) is 0 Å². The van der Waals surface area contributed by atoms with Gasteiger partial charge in [-0.1, -0.05) is 13.8 Å². The summed E-state index contributed by atoms with van der Waals surface area (Å²) in [7, 11) is 0. The molecule has 1 aromatic rings. The molecule has 0 saturated heterocycles. The lowest BCUT2D eigenvalue weighted by Crippen LogP contribution is -1.88. The largest absolute Gasteiger partial charge is 0.270 e. The van der Waals surface area contributed by atoms with Gasteiger partial charge in [-0.15, -0.1) is 11.8 Å². The summed E-state index contributed by atoms with van der Waals surface area (Å²) in [4.78, 5) is 11.0. The predicted octanol–water partition coefficient (Wildman–Crippen LogP) is 3.65. The number of benzene rings is 1. The van der Waals surface area contributed by atoms with Gasteiger partial charge in [-0.05, 0) is 24.8 Å². The number of aryl methyl sites for hydroxylation is 1. The van der Waals surface area contributed by atoms with Gasteiger partial charge < -0.3 is 0 Å². The Hall–Kier alpha value is -1.03. The first-order valence-corrected chi connectivity index (χ1v) is 5.66. The van der Waals surface area contributed by atoms with Gasteiger partial charge >= 0.3 is 0 Å². The van der Waals surface area contributed by atoms with Gasteiger partial charge in [-0.25, -0.2) is 0 Å². The lowest BCUT2D eigenvalue weighted by atomic mass is 10.2. The number of nitrogens with zero attached hydrogens (tertiary/aromatic N) is 1. The van der Waals surface area contributed by atoms with Crippen molar-refractivity contribution in [2.24, 2.45) is 0 Å². The van der Waals surface area contributed by atoms with Crippen molar-refractivity contribution in [1.82, 2.24) is 0 Å². The van der Waals surface area contributed by atoms with Gasteiger partial charge in [0.2, 0.25) is 0 Å². The molecule has 0 N–H and O–H groups in total. The van der Waals surface area contributed by atoms with Crippen LogP contribution < -0.4 is 0 Å². The zero-order chi connectivity index (χ0) is 11.1. The highest BCUT2D eigenvalue weighted by Gasteiger charge is 2.06. The van der Waals surface area contributed by atoms with E-state index in [4.69, 9.17) is 0 Å². The van der Waals surface area contributed by atoms with E-state index >= 15 is 0 Å². The van der Waals surface area contributed by atoms with Crippen LogP contribution in [0, 0.1) is 17.0 Å². The summed E-state index contributed by atoms with van der Waals surface area (Å²) < 4.78 is 0. The van der Waals surface area contributed by atoms with Gasteiger partial charge in [0, 0.05) is 17.0 Å². The van der Waals surface area contributed by atoms with E-state index < -0.39 is 0 Å². The molecule has 14 heavy (non-hydrogen) atoms. The standard InChI is InChI=1S/C8H9NO2S.C2H6/c1-6-3-7(9(10)11)5-8(4-6)12-2;1-2/h3-5H,1-2H3;1-2H3. The van der Waals surface area contributed by atoms with Crippen LogP contribution in [0.4, 0.5) is 5.69 Å². The maximum Gasteiger partial charge on any atom is 0.270 e. The summed E-state index contributed by atoms with van der Waals surface area (Å²) in [6.45, 7) is 5.85. The first-order valence-electron chi connectivity index (χ1n) is 4.43. The molecular formula is C10H15NO2S. The third-order valence-electron chi connectivity index (χ3n) is 1.48. The average Bonchev–Trinajstić information content (AvgIpc) is 2.20. The zero-order valence-electron chi connectivity index (χ0n) is 8.90. The molecule has 0 amide bonds. The van der Waals surface area contributed by atoms with E-state index in [1.165, 1.54) is 11.8 Å².